The molecule has 1 aromatic heterocycles. The van der Waals surface area contributed by atoms with Gasteiger partial charge in [0.1, 0.15) is 46.8 Å². The number of aliphatic hydroxyl groups excluding tert-OH is 2. The number of hydrogen-bond acceptors (Lipinski definition) is 12. The Morgan fingerprint density at radius 3 is 2.74 bits per heavy atom. The second-order valence-electron chi connectivity index (χ2n) is 13.8. The average Bonchev–Trinajstić information content (AvgIpc) is 3.40. The van der Waals surface area contributed by atoms with Crippen LogP contribution in [0.4, 0.5) is 0 Å². The van der Waals surface area contributed by atoms with Crippen molar-refractivity contribution in [1.29, 1.82) is 0 Å². The number of nitrogens with two attached hydrogens (primary N) is 2. The maximum Gasteiger partial charge on any atom is 0.336 e. The van der Waals surface area contributed by atoms with Crippen LogP contribution in [0.3, 0.4) is 0 Å². The summed E-state index contributed by atoms with van der Waals surface area (Å²) < 4.78 is 19.6. The molecule has 6 aliphatic rings. The lowest BCUT2D eigenvalue weighted by atomic mass is 9.69. The van der Waals surface area contributed by atoms with Crippen molar-refractivity contribution in [1.82, 2.24) is 10.6 Å². The highest BCUT2D eigenvalue weighted by Gasteiger charge is 2.55. The van der Waals surface area contributed by atoms with Crippen molar-refractivity contribution in [2.75, 3.05) is 13.2 Å². The van der Waals surface area contributed by atoms with E-state index in [4.69, 9.17) is 25.4 Å². The zero-order chi connectivity index (χ0) is 35.1. The minimum atomic E-state index is -1.25. The predicted octanol–water partition coefficient (Wildman–Crippen LogP) is 2.53. The summed E-state index contributed by atoms with van der Waals surface area (Å²) in [6, 6.07) is 1.16. The predicted molar refractivity (Wildman–Crippen MR) is 184 cm³/mol. The molecular weight excluding hydrogens is 640 g/mol. The molecule has 2 aromatic rings. The molecule has 0 radical (unpaired) electrons. The van der Waals surface area contributed by atoms with Gasteiger partial charge in [-0.25, -0.2) is 4.79 Å². The molecule has 4 unspecified atom stereocenters. The van der Waals surface area contributed by atoms with Gasteiger partial charge in [0, 0.05) is 54.3 Å². The van der Waals surface area contributed by atoms with Crippen molar-refractivity contribution >= 4 is 16.9 Å². The standard InChI is InChI=1S/C38H40N4O8/c1-3-17(15-43)37(47)49-28-13-24-33(46)32-27(45)12-22(16-44)48-35(32)25-9-19-6-7-41-36(40)31(19)23-5-4-18-8-20-11-29(39)42-14-21(20)10-26(30(18)23)38(28,2)50-34(24)25/h3,5-6,11-12,14,26,28-29,41-44,46H,4,7-10,13,15-16,39-40H2,1-2H3. The van der Waals surface area contributed by atoms with Crippen LogP contribution in [0, 0.1) is 5.92 Å². The van der Waals surface area contributed by atoms with Gasteiger partial charge >= 0.3 is 5.97 Å². The van der Waals surface area contributed by atoms with Gasteiger partial charge in [0.25, 0.3) is 0 Å². The zero-order valence-electron chi connectivity index (χ0n) is 27.9. The number of aromatic hydroxyl groups is 1. The second kappa shape index (κ2) is 11.8. The van der Waals surface area contributed by atoms with Crippen LogP contribution in [0.2, 0.25) is 0 Å². The van der Waals surface area contributed by atoms with Crippen molar-refractivity contribution in [3.8, 4) is 11.5 Å². The van der Waals surface area contributed by atoms with E-state index >= 15 is 0 Å². The summed E-state index contributed by atoms with van der Waals surface area (Å²) in [7, 11) is 0. The number of carbonyl (C=O) groups is 1. The second-order valence-corrected chi connectivity index (χ2v) is 13.8. The van der Waals surface area contributed by atoms with E-state index < -0.39 is 42.2 Å². The fraction of sp³-hybridized carbons (Fsp3) is 0.368. The molecule has 1 aromatic carbocycles. The molecule has 0 amide bonds. The number of carbonyl (C=O) groups excluding carboxylic acids is 1. The van der Waals surface area contributed by atoms with Crippen LogP contribution >= 0.6 is 0 Å². The van der Waals surface area contributed by atoms with Crippen LogP contribution in [-0.4, -0.2) is 52.3 Å². The lowest BCUT2D eigenvalue weighted by molar-refractivity contribution is -0.163. The quantitative estimate of drug-likeness (QED) is 0.184. The molecule has 9 N–H and O–H groups in total. The molecule has 0 fully saturated rings. The van der Waals surface area contributed by atoms with E-state index in [-0.39, 0.29) is 47.1 Å². The molecule has 50 heavy (non-hydrogen) atoms. The van der Waals surface area contributed by atoms with Gasteiger partial charge in [0.2, 0.25) is 0 Å². The summed E-state index contributed by atoms with van der Waals surface area (Å²) in [6.45, 7) is 3.02. The minimum absolute atomic E-state index is 0.0183. The summed E-state index contributed by atoms with van der Waals surface area (Å²) >= 11 is 0. The third kappa shape index (κ3) is 4.77. The number of hydrogen-bond donors (Lipinski definition) is 7. The first-order chi connectivity index (χ1) is 24.1. The van der Waals surface area contributed by atoms with E-state index in [1.807, 2.05) is 19.2 Å². The van der Waals surface area contributed by atoms with Gasteiger partial charge in [0.15, 0.2) is 11.0 Å². The number of aliphatic hydroxyl groups is 2. The number of dihydropyridines is 2. The minimum Gasteiger partial charge on any atom is -0.507 e. The highest BCUT2D eigenvalue weighted by Crippen LogP contribution is 2.57. The van der Waals surface area contributed by atoms with E-state index in [9.17, 15) is 24.9 Å². The molecule has 2 aliphatic carbocycles. The molecule has 0 saturated heterocycles. The third-order valence-electron chi connectivity index (χ3n) is 11.1. The van der Waals surface area contributed by atoms with Gasteiger partial charge in [-0.05, 0) is 67.1 Å². The number of fused-ring (bicyclic) bond motifs is 7. The van der Waals surface area contributed by atoms with Crippen molar-refractivity contribution in [2.45, 2.75) is 70.4 Å². The number of phenols is 1. The van der Waals surface area contributed by atoms with Crippen LogP contribution in [0.15, 0.2) is 96.2 Å². The molecule has 260 valence electrons. The van der Waals surface area contributed by atoms with Crippen LogP contribution < -0.4 is 32.3 Å². The molecule has 5 heterocycles. The van der Waals surface area contributed by atoms with Crippen molar-refractivity contribution < 1.29 is 34.0 Å². The first kappa shape index (κ1) is 32.2. The number of esters is 1. The topological polar surface area (TPSA) is 203 Å². The van der Waals surface area contributed by atoms with Gasteiger partial charge < -0.3 is 51.3 Å². The summed E-state index contributed by atoms with van der Waals surface area (Å²) in [5.74, 6) is -0.556. The van der Waals surface area contributed by atoms with E-state index in [0.29, 0.717) is 48.5 Å². The SMILES string of the molecule is CC=C(CO)C(=O)OC1Cc2c3c(c4oc(CO)cc(=O)c4c2O)CC2=CCNC(N)=C2C2=CCC4=C2C(CC2=CNC(N)C=C2C4)C1(C)O3. The van der Waals surface area contributed by atoms with Crippen molar-refractivity contribution in [3.05, 3.63) is 114 Å². The Hall–Kier alpha value is -5.04. The number of phenolic OH excluding ortho intramolecular Hbond substituents is 1. The number of nitrogens with one attached hydrogen (secondary N) is 2. The Balaban J connectivity index is 1.45. The van der Waals surface area contributed by atoms with Gasteiger partial charge in [-0.3, -0.25) is 4.79 Å². The lowest BCUT2D eigenvalue weighted by Crippen LogP contribution is -2.57. The Kier molecular flexibility index (Phi) is 7.59. The van der Waals surface area contributed by atoms with Crippen LogP contribution in [0.1, 0.15) is 50.0 Å². The number of allylic oxidation sites excluding steroid dienone is 8. The first-order valence-electron chi connectivity index (χ1n) is 16.9. The van der Waals surface area contributed by atoms with E-state index in [2.05, 4.69) is 22.8 Å². The summed E-state index contributed by atoms with van der Waals surface area (Å²) in [6.07, 6.45) is 10.5. The largest absolute Gasteiger partial charge is 0.507 e. The van der Waals surface area contributed by atoms with Gasteiger partial charge in [-0.15, -0.1) is 0 Å². The first-order valence-corrected chi connectivity index (χ1v) is 16.9. The summed E-state index contributed by atoms with van der Waals surface area (Å²) in [5, 5.41) is 38.3. The molecular formula is C38H40N4O8. The number of benzene rings is 1. The van der Waals surface area contributed by atoms with Crippen molar-refractivity contribution in [3.63, 3.8) is 0 Å². The molecule has 4 aliphatic heterocycles. The molecule has 4 atom stereocenters. The monoisotopic (exact) mass is 680 g/mol. The van der Waals surface area contributed by atoms with Crippen LogP contribution in [0.25, 0.3) is 11.0 Å². The van der Waals surface area contributed by atoms with Gasteiger partial charge in [-0.2, -0.15) is 0 Å². The maximum atomic E-state index is 13.6. The van der Waals surface area contributed by atoms with Gasteiger partial charge in [0.05, 0.1) is 18.3 Å². The zero-order valence-corrected chi connectivity index (χ0v) is 27.9. The van der Waals surface area contributed by atoms with Crippen LogP contribution in [0.5, 0.6) is 11.5 Å². The highest BCUT2D eigenvalue weighted by atomic mass is 16.6. The molecule has 8 rings (SSSR count). The Morgan fingerprint density at radius 1 is 1.16 bits per heavy atom. The normalized spacial score (nSPS) is 26.9. The highest BCUT2D eigenvalue weighted by molar-refractivity contribution is 5.92. The van der Waals surface area contributed by atoms with E-state index in [1.54, 1.807) is 6.92 Å². The van der Waals surface area contributed by atoms with Crippen LogP contribution in [-0.2, 0) is 29.0 Å². The molecule has 0 saturated carbocycles. The molecule has 2 bridgehead atoms. The average molecular weight is 681 g/mol. The van der Waals surface area contributed by atoms with Crippen molar-refractivity contribution in [2.24, 2.45) is 17.4 Å². The molecule has 12 heteroatoms. The lowest BCUT2D eigenvalue weighted by Gasteiger charge is -2.48. The molecule has 12 nitrogen and oxygen atoms in total. The third-order valence-corrected chi connectivity index (χ3v) is 11.1. The van der Waals surface area contributed by atoms with Gasteiger partial charge in [-0.1, -0.05) is 23.8 Å². The fourth-order valence-corrected chi connectivity index (χ4v) is 8.54. The Morgan fingerprint density at radius 2 is 1.98 bits per heavy atom. The molecule has 0 spiro atoms. The van der Waals surface area contributed by atoms with E-state index in [1.165, 1.54) is 11.6 Å². The Labute approximate surface area is 287 Å². The Bertz CT molecular complexity index is 2170. The maximum absolute atomic E-state index is 13.6. The summed E-state index contributed by atoms with van der Waals surface area (Å²) in [4.78, 5) is 27.1. The summed E-state index contributed by atoms with van der Waals surface area (Å²) in [5.41, 5.74) is 19.5. The fourth-order valence-electron chi connectivity index (χ4n) is 8.54. The smallest absolute Gasteiger partial charge is 0.336 e. The number of rotatable bonds is 4. The van der Waals surface area contributed by atoms with E-state index in [0.717, 1.165) is 39.5 Å². The number of ether oxygens (including phenoxy) is 2.